The first-order valence-electron chi connectivity index (χ1n) is 4.94. The Kier molecular flexibility index (Phi) is 3.35. The lowest BCUT2D eigenvalue weighted by atomic mass is 10.2. The predicted octanol–water partition coefficient (Wildman–Crippen LogP) is 3.16. The van der Waals surface area contributed by atoms with Crippen molar-refractivity contribution in [2.24, 2.45) is 0 Å². The van der Waals surface area contributed by atoms with E-state index in [2.05, 4.69) is 31.2 Å². The summed E-state index contributed by atoms with van der Waals surface area (Å²) in [6.07, 6.45) is 2.97. The van der Waals surface area contributed by atoms with E-state index in [4.69, 9.17) is 5.26 Å². The molecule has 0 atom stereocenters. The van der Waals surface area contributed by atoms with Gasteiger partial charge in [-0.2, -0.15) is 5.26 Å². The Labute approximate surface area is 107 Å². The lowest BCUT2D eigenvalue weighted by molar-refractivity contribution is 1.16. The van der Waals surface area contributed by atoms with Crippen molar-refractivity contribution in [2.45, 2.75) is 6.92 Å². The summed E-state index contributed by atoms with van der Waals surface area (Å²) in [6.45, 7) is 2.02. The molecule has 0 spiro atoms. The Morgan fingerprint density at radius 2 is 2.12 bits per heavy atom. The van der Waals surface area contributed by atoms with Gasteiger partial charge in [0, 0.05) is 4.47 Å². The second kappa shape index (κ2) is 4.93. The third-order valence-electron chi connectivity index (χ3n) is 2.15. The summed E-state index contributed by atoms with van der Waals surface area (Å²) in [6, 6.07) is 7.90. The molecule has 0 amide bonds. The average Bonchev–Trinajstić information content (AvgIpc) is 2.34. The van der Waals surface area contributed by atoms with Crippen molar-refractivity contribution in [2.75, 3.05) is 5.32 Å². The van der Waals surface area contributed by atoms with Gasteiger partial charge in [-0.25, -0.2) is 9.97 Å². The zero-order valence-corrected chi connectivity index (χ0v) is 10.7. The van der Waals surface area contributed by atoms with Crippen LogP contribution in [-0.2, 0) is 0 Å². The van der Waals surface area contributed by atoms with Crippen molar-refractivity contribution in [3.05, 3.63) is 46.3 Å². The molecule has 1 heterocycles. The summed E-state index contributed by atoms with van der Waals surface area (Å²) in [5, 5.41) is 11.7. The minimum atomic E-state index is 0.304. The van der Waals surface area contributed by atoms with Crippen molar-refractivity contribution in [3.63, 3.8) is 0 Å². The molecule has 0 unspecified atom stereocenters. The summed E-state index contributed by atoms with van der Waals surface area (Å²) in [5.41, 5.74) is 2.39. The van der Waals surface area contributed by atoms with Gasteiger partial charge in [0.15, 0.2) is 5.69 Å². The molecule has 0 aliphatic heterocycles. The molecule has 17 heavy (non-hydrogen) atoms. The van der Waals surface area contributed by atoms with Gasteiger partial charge < -0.3 is 5.32 Å². The van der Waals surface area contributed by atoms with Gasteiger partial charge in [-0.15, -0.1) is 0 Å². The fourth-order valence-electron chi connectivity index (χ4n) is 1.31. The van der Waals surface area contributed by atoms with Gasteiger partial charge in [-0.3, -0.25) is 0 Å². The third-order valence-corrected chi connectivity index (χ3v) is 2.81. The van der Waals surface area contributed by atoms with Crippen LogP contribution in [0.25, 0.3) is 0 Å². The first kappa shape index (κ1) is 11.6. The normalized spacial score (nSPS) is 9.71. The fourth-order valence-corrected chi connectivity index (χ4v) is 1.90. The van der Waals surface area contributed by atoms with E-state index >= 15 is 0 Å². The maximum atomic E-state index is 8.61. The van der Waals surface area contributed by atoms with Gasteiger partial charge in [-0.05, 0) is 40.5 Å². The highest BCUT2D eigenvalue weighted by Crippen LogP contribution is 2.25. The number of aromatic nitrogens is 2. The molecule has 1 aromatic carbocycles. The number of halogens is 1. The Hall–Kier alpha value is -1.93. The highest BCUT2D eigenvalue weighted by molar-refractivity contribution is 9.10. The lowest BCUT2D eigenvalue weighted by Gasteiger charge is -2.07. The summed E-state index contributed by atoms with van der Waals surface area (Å²) < 4.78 is 0.962. The maximum Gasteiger partial charge on any atom is 0.158 e. The smallest absolute Gasteiger partial charge is 0.158 e. The molecule has 2 rings (SSSR count). The van der Waals surface area contributed by atoms with Crippen LogP contribution in [0.1, 0.15) is 11.3 Å². The number of rotatable bonds is 2. The van der Waals surface area contributed by atoms with Crippen LogP contribution in [0.2, 0.25) is 0 Å². The molecular formula is C12H9BrN4. The second-order valence-corrected chi connectivity index (χ2v) is 4.36. The molecule has 4 nitrogen and oxygen atoms in total. The minimum absolute atomic E-state index is 0.304. The highest BCUT2D eigenvalue weighted by atomic mass is 79.9. The van der Waals surface area contributed by atoms with Crippen molar-refractivity contribution >= 4 is 27.4 Å². The first-order valence-corrected chi connectivity index (χ1v) is 5.73. The molecular weight excluding hydrogens is 280 g/mol. The number of nitriles is 1. The number of anilines is 2. The van der Waals surface area contributed by atoms with Gasteiger partial charge in [0.05, 0.1) is 18.1 Å². The van der Waals surface area contributed by atoms with Gasteiger partial charge in [0.25, 0.3) is 0 Å². The zero-order chi connectivity index (χ0) is 12.3. The number of nitrogens with zero attached hydrogens (tertiary/aromatic N) is 3. The summed E-state index contributed by atoms with van der Waals surface area (Å²) in [5.74, 6) is 0.605. The van der Waals surface area contributed by atoms with E-state index in [0.717, 1.165) is 10.2 Å². The van der Waals surface area contributed by atoms with Crippen molar-refractivity contribution in [1.29, 1.82) is 5.26 Å². The molecule has 0 saturated heterocycles. The van der Waals surface area contributed by atoms with Crippen LogP contribution < -0.4 is 5.32 Å². The van der Waals surface area contributed by atoms with Crippen molar-refractivity contribution < 1.29 is 0 Å². The molecule has 0 radical (unpaired) electrons. The largest absolute Gasteiger partial charge is 0.338 e. The van der Waals surface area contributed by atoms with E-state index in [-0.39, 0.29) is 0 Å². The fraction of sp³-hybridized carbons (Fsp3) is 0.0833. The van der Waals surface area contributed by atoms with Crippen LogP contribution in [0, 0.1) is 18.3 Å². The molecule has 0 aliphatic rings. The number of hydrogen-bond donors (Lipinski definition) is 1. The maximum absolute atomic E-state index is 8.61. The van der Waals surface area contributed by atoms with Crippen LogP contribution in [-0.4, -0.2) is 9.97 Å². The average molecular weight is 289 g/mol. The van der Waals surface area contributed by atoms with Crippen LogP contribution in [0.5, 0.6) is 0 Å². The zero-order valence-electron chi connectivity index (χ0n) is 9.11. The third kappa shape index (κ3) is 2.80. The van der Waals surface area contributed by atoms with E-state index < -0.39 is 0 Å². The molecule has 0 bridgehead atoms. The highest BCUT2D eigenvalue weighted by Gasteiger charge is 2.02. The monoisotopic (exact) mass is 288 g/mol. The Morgan fingerprint density at radius 1 is 1.29 bits per heavy atom. The van der Waals surface area contributed by atoms with Gasteiger partial charge in [-0.1, -0.05) is 6.07 Å². The summed E-state index contributed by atoms with van der Waals surface area (Å²) in [4.78, 5) is 8.03. The molecule has 0 saturated carbocycles. The SMILES string of the molecule is Cc1ccc(Nc2cnc(C#N)cn2)c(Br)c1. The Balaban J connectivity index is 2.23. The van der Waals surface area contributed by atoms with Crippen molar-refractivity contribution in [3.8, 4) is 6.07 Å². The van der Waals surface area contributed by atoms with E-state index in [0.29, 0.717) is 11.5 Å². The van der Waals surface area contributed by atoms with E-state index in [1.807, 2.05) is 31.2 Å². The standard InChI is InChI=1S/C12H9BrN4/c1-8-2-3-11(10(13)4-8)17-12-7-15-9(5-14)6-16-12/h2-4,6-7H,1H3,(H,16,17). The van der Waals surface area contributed by atoms with Crippen molar-refractivity contribution in [1.82, 2.24) is 9.97 Å². The predicted molar refractivity (Wildman–Crippen MR) is 68.9 cm³/mol. The van der Waals surface area contributed by atoms with Crippen LogP contribution in [0.15, 0.2) is 35.1 Å². The van der Waals surface area contributed by atoms with E-state index in [9.17, 15) is 0 Å². The number of hydrogen-bond acceptors (Lipinski definition) is 4. The Morgan fingerprint density at radius 3 is 2.71 bits per heavy atom. The number of nitrogens with one attached hydrogen (secondary N) is 1. The summed E-state index contributed by atoms with van der Waals surface area (Å²) in [7, 11) is 0. The van der Waals surface area contributed by atoms with Gasteiger partial charge in [0.1, 0.15) is 11.9 Å². The Bertz CT molecular complexity index is 572. The molecule has 1 N–H and O–H groups in total. The van der Waals surface area contributed by atoms with Crippen LogP contribution >= 0.6 is 15.9 Å². The molecule has 1 aromatic heterocycles. The van der Waals surface area contributed by atoms with E-state index in [1.54, 1.807) is 0 Å². The number of benzene rings is 1. The molecule has 5 heteroatoms. The van der Waals surface area contributed by atoms with Gasteiger partial charge >= 0.3 is 0 Å². The second-order valence-electron chi connectivity index (χ2n) is 3.51. The molecule has 0 aliphatic carbocycles. The number of aryl methyl sites for hydroxylation is 1. The molecule has 2 aromatic rings. The summed E-state index contributed by atoms with van der Waals surface area (Å²) >= 11 is 3.47. The van der Waals surface area contributed by atoms with E-state index in [1.165, 1.54) is 18.0 Å². The molecule has 0 fully saturated rings. The quantitative estimate of drug-likeness (QED) is 0.922. The van der Waals surface area contributed by atoms with Gasteiger partial charge in [0.2, 0.25) is 0 Å². The van der Waals surface area contributed by atoms with Crippen LogP contribution in [0.4, 0.5) is 11.5 Å². The molecule has 84 valence electrons. The minimum Gasteiger partial charge on any atom is -0.338 e. The first-order chi connectivity index (χ1) is 8.19. The lowest BCUT2D eigenvalue weighted by Crippen LogP contribution is -1.96. The topological polar surface area (TPSA) is 61.6 Å². The van der Waals surface area contributed by atoms with Crippen LogP contribution in [0.3, 0.4) is 0 Å².